The summed E-state index contributed by atoms with van der Waals surface area (Å²) in [5.41, 5.74) is -1.39. The molecule has 144 valence electrons. The summed E-state index contributed by atoms with van der Waals surface area (Å²) in [6, 6.07) is 3.90. The highest BCUT2D eigenvalue weighted by Crippen LogP contribution is 2.32. The Balaban J connectivity index is 1.39. The predicted octanol–water partition coefficient (Wildman–Crippen LogP) is 1.29. The van der Waals surface area contributed by atoms with Gasteiger partial charge in [-0.2, -0.15) is 5.10 Å². The van der Waals surface area contributed by atoms with Gasteiger partial charge in [-0.25, -0.2) is 4.68 Å². The van der Waals surface area contributed by atoms with E-state index in [-0.39, 0.29) is 12.6 Å². The smallest absolute Gasteiger partial charge is 0.332 e. The van der Waals surface area contributed by atoms with Crippen LogP contribution in [0.2, 0.25) is 0 Å². The summed E-state index contributed by atoms with van der Waals surface area (Å²) in [5.74, 6) is 1.49. The maximum atomic E-state index is 12.8. The number of ether oxygens (including phenoxy) is 1. The molecule has 8 heteroatoms. The lowest BCUT2D eigenvalue weighted by Crippen LogP contribution is -2.53. The molecule has 2 aliphatic heterocycles. The van der Waals surface area contributed by atoms with Crippen LogP contribution in [-0.2, 0) is 24.4 Å². The Morgan fingerprint density at radius 2 is 2.04 bits per heavy atom. The Morgan fingerprint density at radius 3 is 2.81 bits per heavy atom. The fourth-order valence-electron chi connectivity index (χ4n) is 4.70. The van der Waals surface area contributed by atoms with Crippen LogP contribution in [0, 0.1) is 0 Å². The standard InChI is InChI=1S/C19H24N4O4/c24-17-18(25)23(14-4-1-2-5-14)20-16-11-27-19(13-22(16)17)7-8-21(12-19)10-15-6-3-9-26-15/h3,6,9,14H,1-2,4-5,7-8,10-13H2/t19-/m0/s1. The number of aromatic nitrogens is 3. The van der Waals surface area contributed by atoms with E-state index in [4.69, 9.17) is 9.15 Å². The van der Waals surface area contributed by atoms with Crippen molar-refractivity contribution in [2.75, 3.05) is 13.1 Å². The normalized spacial score (nSPS) is 26.1. The summed E-state index contributed by atoms with van der Waals surface area (Å²) >= 11 is 0. The molecule has 0 unspecified atom stereocenters. The highest BCUT2D eigenvalue weighted by atomic mass is 16.5. The summed E-state index contributed by atoms with van der Waals surface area (Å²) in [5, 5.41) is 4.50. The zero-order valence-electron chi connectivity index (χ0n) is 15.3. The van der Waals surface area contributed by atoms with E-state index in [0.29, 0.717) is 18.9 Å². The van der Waals surface area contributed by atoms with Gasteiger partial charge in [0.1, 0.15) is 18.0 Å². The quantitative estimate of drug-likeness (QED) is 0.755. The molecule has 0 bridgehead atoms. The average molecular weight is 372 g/mol. The Hall–Kier alpha value is -2.19. The maximum absolute atomic E-state index is 12.8. The van der Waals surface area contributed by atoms with Crippen LogP contribution < -0.4 is 11.1 Å². The molecule has 1 saturated heterocycles. The molecular formula is C19H24N4O4. The van der Waals surface area contributed by atoms with Gasteiger partial charge in [0.2, 0.25) is 0 Å². The van der Waals surface area contributed by atoms with Crippen LogP contribution in [0.3, 0.4) is 0 Å². The zero-order chi connectivity index (χ0) is 18.4. The number of likely N-dealkylation sites (tertiary alicyclic amines) is 1. The third-order valence-corrected chi connectivity index (χ3v) is 6.15. The molecule has 0 aromatic carbocycles. The topological polar surface area (TPSA) is 82.5 Å². The van der Waals surface area contributed by atoms with E-state index in [2.05, 4.69) is 10.00 Å². The van der Waals surface area contributed by atoms with Crippen molar-refractivity contribution in [2.24, 2.45) is 0 Å². The fraction of sp³-hybridized carbons (Fsp3) is 0.632. The van der Waals surface area contributed by atoms with Gasteiger partial charge in [-0.15, -0.1) is 0 Å². The average Bonchev–Trinajstić information content (AvgIpc) is 3.42. The molecular weight excluding hydrogens is 348 g/mol. The molecule has 1 spiro atoms. The van der Waals surface area contributed by atoms with Crippen LogP contribution in [0.5, 0.6) is 0 Å². The van der Waals surface area contributed by atoms with Crippen molar-refractivity contribution in [1.82, 2.24) is 19.2 Å². The van der Waals surface area contributed by atoms with E-state index >= 15 is 0 Å². The first kappa shape index (κ1) is 16.9. The predicted molar refractivity (Wildman–Crippen MR) is 96.4 cm³/mol. The maximum Gasteiger partial charge on any atom is 0.332 e. The van der Waals surface area contributed by atoms with Crippen molar-refractivity contribution in [3.63, 3.8) is 0 Å². The van der Waals surface area contributed by atoms with Crippen LogP contribution in [0.15, 0.2) is 32.4 Å². The lowest BCUT2D eigenvalue weighted by Gasteiger charge is -2.35. The summed E-state index contributed by atoms with van der Waals surface area (Å²) < 4.78 is 14.6. The third-order valence-electron chi connectivity index (χ3n) is 6.15. The van der Waals surface area contributed by atoms with Gasteiger partial charge in [-0.05, 0) is 31.4 Å². The van der Waals surface area contributed by atoms with Crippen LogP contribution in [0.25, 0.3) is 0 Å². The minimum Gasteiger partial charge on any atom is -0.468 e. The monoisotopic (exact) mass is 372 g/mol. The first-order chi connectivity index (χ1) is 13.1. The van der Waals surface area contributed by atoms with Crippen LogP contribution in [0.4, 0.5) is 0 Å². The molecule has 27 heavy (non-hydrogen) atoms. The lowest BCUT2D eigenvalue weighted by molar-refractivity contribution is -0.0862. The van der Waals surface area contributed by atoms with E-state index in [1.165, 1.54) is 4.68 Å². The van der Waals surface area contributed by atoms with Crippen molar-refractivity contribution >= 4 is 0 Å². The SMILES string of the molecule is O=c1c(=O)n2c(nn1C1CCCC1)CO[C@]1(CCN(Cc3ccco3)C1)C2. The van der Waals surface area contributed by atoms with Gasteiger partial charge in [0.05, 0.1) is 25.4 Å². The number of hydrogen-bond acceptors (Lipinski definition) is 6. The molecule has 1 aliphatic carbocycles. The van der Waals surface area contributed by atoms with Crippen molar-refractivity contribution in [1.29, 1.82) is 0 Å². The first-order valence-electron chi connectivity index (χ1n) is 9.75. The van der Waals surface area contributed by atoms with Crippen LogP contribution >= 0.6 is 0 Å². The molecule has 0 amide bonds. The second-order valence-corrected chi connectivity index (χ2v) is 8.01. The summed E-state index contributed by atoms with van der Waals surface area (Å²) in [6.45, 7) is 2.98. The van der Waals surface area contributed by atoms with Crippen LogP contribution in [-0.4, -0.2) is 37.9 Å². The summed E-state index contributed by atoms with van der Waals surface area (Å²) in [7, 11) is 0. The number of hydrogen-bond donors (Lipinski definition) is 0. The minimum atomic E-state index is -0.492. The first-order valence-corrected chi connectivity index (χ1v) is 9.75. The van der Waals surface area contributed by atoms with Gasteiger partial charge in [-0.1, -0.05) is 12.8 Å². The molecule has 5 rings (SSSR count). The molecule has 8 nitrogen and oxygen atoms in total. The van der Waals surface area contributed by atoms with Crippen molar-refractivity contribution < 1.29 is 9.15 Å². The Labute approximate surface area is 156 Å². The molecule has 4 heterocycles. The number of nitrogens with zero attached hydrogens (tertiary/aromatic N) is 4. The van der Waals surface area contributed by atoms with Gasteiger partial charge < -0.3 is 9.15 Å². The summed E-state index contributed by atoms with van der Waals surface area (Å²) in [4.78, 5) is 27.7. The molecule has 1 saturated carbocycles. The fourth-order valence-corrected chi connectivity index (χ4v) is 4.70. The molecule has 1 atom stereocenters. The third kappa shape index (κ3) is 2.96. The van der Waals surface area contributed by atoms with E-state index in [9.17, 15) is 9.59 Å². The molecule has 3 aliphatic rings. The molecule has 0 radical (unpaired) electrons. The van der Waals surface area contributed by atoms with Gasteiger partial charge in [0, 0.05) is 13.1 Å². The number of furan rings is 1. The van der Waals surface area contributed by atoms with Gasteiger partial charge in [0.25, 0.3) is 0 Å². The number of fused-ring (bicyclic) bond motifs is 1. The summed E-state index contributed by atoms with van der Waals surface area (Å²) in [6.07, 6.45) is 6.51. The highest BCUT2D eigenvalue weighted by molar-refractivity contribution is 5.04. The second kappa shape index (κ2) is 6.45. The van der Waals surface area contributed by atoms with Gasteiger partial charge >= 0.3 is 11.1 Å². The Kier molecular flexibility index (Phi) is 4.05. The molecule has 2 fully saturated rings. The van der Waals surface area contributed by atoms with Crippen molar-refractivity contribution in [3.05, 3.63) is 50.7 Å². The molecule has 0 N–H and O–H groups in total. The van der Waals surface area contributed by atoms with E-state index in [0.717, 1.165) is 51.0 Å². The second-order valence-electron chi connectivity index (χ2n) is 8.01. The minimum absolute atomic E-state index is 0.0576. The van der Waals surface area contributed by atoms with Gasteiger partial charge in [0.15, 0.2) is 5.82 Å². The number of rotatable bonds is 3. The van der Waals surface area contributed by atoms with E-state index in [1.54, 1.807) is 10.8 Å². The molecule has 2 aromatic heterocycles. The molecule has 2 aromatic rings. The highest BCUT2D eigenvalue weighted by Gasteiger charge is 2.43. The Bertz CT molecular complexity index is 942. The van der Waals surface area contributed by atoms with E-state index < -0.39 is 16.7 Å². The van der Waals surface area contributed by atoms with Crippen molar-refractivity contribution in [3.8, 4) is 0 Å². The lowest BCUT2D eigenvalue weighted by atomic mass is 10.0. The van der Waals surface area contributed by atoms with Crippen LogP contribution in [0.1, 0.15) is 49.7 Å². The van der Waals surface area contributed by atoms with Gasteiger partial charge in [-0.3, -0.25) is 19.1 Å². The largest absolute Gasteiger partial charge is 0.468 e. The van der Waals surface area contributed by atoms with E-state index in [1.807, 2.05) is 12.1 Å². The Morgan fingerprint density at radius 1 is 1.19 bits per heavy atom. The van der Waals surface area contributed by atoms with Crippen molar-refractivity contribution in [2.45, 2.75) is 63.4 Å². The zero-order valence-corrected chi connectivity index (χ0v) is 15.3.